The highest BCUT2D eigenvalue weighted by molar-refractivity contribution is 7.22. The van der Waals surface area contributed by atoms with Crippen molar-refractivity contribution in [3.63, 3.8) is 0 Å². The van der Waals surface area contributed by atoms with Crippen LogP contribution in [0.25, 0.3) is 20.7 Å². The Morgan fingerprint density at radius 1 is 0.880 bits per heavy atom. The summed E-state index contributed by atoms with van der Waals surface area (Å²) >= 11 is 1.54. The van der Waals surface area contributed by atoms with Gasteiger partial charge >= 0.3 is 0 Å². The molecule has 0 bridgehead atoms. The van der Waals surface area contributed by atoms with Crippen LogP contribution in [-0.4, -0.2) is 91.8 Å². The Kier molecular flexibility index (Phi) is 11.3. The van der Waals surface area contributed by atoms with Crippen LogP contribution in [0.2, 0.25) is 0 Å². The van der Waals surface area contributed by atoms with Crippen LogP contribution in [0, 0.1) is 11.6 Å². The number of benzene rings is 3. The molecule has 3 aromatic carbocycles. The van der Waals surface area contributed by atoms with E-state index in [1.807, 2.05) is 6.07 Å². The average Bonchev–Trinajstić information content (AvgIpc) is 3.55. The zero-order valence-electron chi connectivity index (χ0n) is 28.6. The van der Waals surface area contributed by atoms with E-state index in [2.05, 4.69) is 58.0 Å². The molecular weight excluding hydrogens is 657 g/mol. The van der Waals surface area contributed by atoms with Crippen molar-refractivity contribution in [3.8, 4) is 21.9 Å². The summed E-state index contributed by atoms with van der Waals surface area (Å²) in [5.41, 5.74) is 3.99. The van der Waals surface area contributed by atoms with Crippen molar-refractivity contribution in [2.45, 2.75) is 19.4 Å². The Morgan fingerprint density at radius 2 is 1.60 bits per heavy atom. The first kappa shape index (κ1) is 35.3. The number of hydrogen-bond donors (Lipinski definition) is 0. The molecule has 0 saturated carbocycles. The molecule has 3 heterocycles. The lowest BCUT2D eigenvalue weighted by Crippen LogP contribution is -2.46. The molecule has 0 atom stereocenters. The van der Waals surface area contributed by atoms with Gasteiger partial charge in [-0.15, -0.1) is 11.3 Å². The van der Waals surface area contributed by atoms with E-state index in [4.69, 9.17) is 4.74 Å². The number of carbonyl (C=O) groups is 2. The smallest absolute Gasteiger partial charge is 0.234 e. The Morgan fingerprint density at radius 3 is 2.32 bits per heavy atom. The molecule has 1 saturated heterocycles. The molecule has 5 aromatic rings. The van der Waals surface area contributed by atoms with Gasteiger partial charge in [0.25, 0.3) is 0 Å². The van der Waals surface area contributed by atoms with Crippen molar-refractivity contribution in [2.24, 2.45) is 0 Å². The van der Waals surface area contributed by atoms with Gasteiger partial charge in [0.15, 0.2) is 11.6 Å². The lowest BCUT2D eigenvalue weighted by Gasteiger charge is -2.33. The lowest BCUT2D eigenvalue weighted by molar-refractivity contribution is -0.126. The molecule has 0 spiro atoms. The maximum Gasteiger partial charge on any atom is 0.234 e. The van der Waals surface area contributed by atoms with E-state index in [0.717, 1.165) is 66.5 Å². The first-order valence-corrected chi connectivity index (χ1v) is 17.5. The van der Waals surface area contributed by atoms with E-state index in [1.54, 1.807) is 18.3 Å². The molecule has 2 aromatic heterocycles. The van der Waals surface area contributed by atoms with Crippen molar-refractivity contribution in [1.29, 1.82) is 0 Å². The first-order chi connectivity index (χ1) is 24.1. The second-order valence-electron chi connectivity index (χ2n) is 12.9. The minimum absolute atomic E-state index is 0.0249. The van der Waals surface area contributed by atoms with Gasteiger partial charge in [-0.3, -0.25) is 19.5 Å². The van der Waals surface area contributed by atoms with E-state index >= 15 is 4.39 Å². The highest BCUT2D eigenvalue weighted by Crippen LogP contribution is 2.39. The molecular formula is C39H41F2N5O3S. The van der Waals surface area contributed by atoms with Gasteiger partial charge < -0.3 is 19.4 Å². The predicted octanol–water partition coefficient (Wildman–Crippen LogP) is 6.88. The van der Waals surface area contributed by atoms with E-state index in [1.165, 1.54) is 65.2 Å². The zero-order valence-corrected chi connectivity index (χ0v) is 29.4. The standard InChI is InChI=1S/C39H41F2N5O3S/c1-43-16-19-46(20-17-43)21-18-44(2)26-27-4-7-29(8-5-27)37-25-34-39(50-37)36(14-15-42-34)49-35-13-6-28(23-33(35)41)22-32(47)24-38(48)45(3)31-11-9-30(40)10-12-31/h4-15,23,25H,16-22,24,26H2,1-3H3. The van der Waals surface area contributed by atoms with Crippen LogP contribution >= 0.6 is 11.3 Å². The second kappa shape index (κ2) is 16.0. The minimum atomic E-state index is -0.615. The number of thiophene rings is 1. The summed E-state index contributed by atoms with van der Waals surface area (Å²) in [7, 11) is 5.87. The van der Waals surface area contributed by atoms with Crippen molar-refractivity contribution in [1.82, 2.24) is 19.7 Å². The molecule has 8 nitrogen and oxygen atoms in total. The number of amides is 1. The monoisotopic (exact) mass is 697 g/mol. The Bertz CT molecular complexity index is 1940. The number of rotatable bonds is 13. The highest BCUT2D eigenvalue weighted by Gasteiger charge is 2.18. The third-order valence-electron chi connectivity index (χ3n) is 9.01. The summed E-state index contributed by atoms with van der Waals surface area (Å²) < 4.78 is 35.3. The van der Waals surface area contributed by atoms with Crippen molar-refractivity contribution in [2.75, 3.05) is 65.3 Å². The molecule has 0 radical (unpaired) electrons. The molecule has 1 aliphatic rings. The number of ketones is 1. The number of anilines is 1. The van der Waals surface area contributed by atoms with Crippen LogP contribution in [0.3, 0.4) is 0 Å². The number of halogens is 2. The van der Waals surface area contributed by atoms with Crippen LogP contribution in [0.5, 0.6) is 11.5 Å². The van der Waals surface area contributed by atoms with E-state index in [0.29, 0.717) is 17.0 Å². The quantitative estimate of drug-likeness (QED) is 0.124. The fourth-order valence-electron chi connectivity index (χ4n) is 5.93. The number of ether oxygens (including phenoxy) is 1. The van der Waals surface area contributed by atoms with Crippen molar-refractivity contribution in [3.05, 3.63) is 108 Å². The summed E-state index contributed by atoms with van der Waals surface area (Å²) in [6.45, 7) is 7.51. The first-order valence-electron chi connectivity index (χ1n) is 16.7. The van der Waals surface area contributed by atoms with Crippen LogP contribution in [0.4, 0.5) is 14.5 Å². The van der Waals surface area contributed by atoms with Gasteiger partial charge in [0.1, 0.15) is 17.3 Å². The minimum Gasteiger partial charge on any atom is -0.453 e. The maximum atomic E-state index is 15.2. The largest absolute Gasteiger partial charge is 0.453 e. The number of pyridine rings is 1. The van der Waals surface area contributed by atoms with Crippen LogP contribution in [0.1, 0.15) is 17.5 Å². The molecule has 1 amide bonds. The molecule has 6 rings (SSSR count). The van der Waals surface area contributed by atoms with Gasteiger partial charge in [-0.2, -0.15) is 0 Å². The second-order valence-corrected chi connectivity index (χ2v) is 14.0. The number of nitrogens with zero attached hydrogens (tertiary/aromatic N) is 5. The summed E-state index contributed by atoms with van der Waals surface area (Å²) in [5, 5.41) is 0. The predicted molar refractivity (Wildman–Crippen MR) is 195 cm³/mol. The third-order valence-corrected chi connectivity index (χ3v) is 10.2. The number of carbonyl (C=O) groups excluding carboxylic acids is 2. The summed E-state index contributed by atoms with van der Waals surface area (Å²) in [5.74, 6) is -1.31. The van der Waals surface area contributed by atoms with Gasteiger partial charge in [-0.1, -0.05) is 30.3 Å². The zero-order chi connectivity index (χ0) is 35.2. The SMILES string of the molecule is CN1CCN(CCN(C)Cc2ccc(-c3cc4nccc(Oc5ccc(CC(=O)CC(=O)N(C)c6ccc(F)cc6)cc5F)c4s3)cc2)CC1. The fourth-order valence-corrected chi connectivity index (χ4v) is 7.00. The maximum absolute atomic E-state index is 15.2. The van der Waals surface area contributed by atoms with Crippen LogP contribution < -0.4 is 9.64 Å². The number of piperazine rings is 1. The van der Waals surface area contributed by atoms with Gasteiger partial charge in [-0.05, 0) is 73.3 Å². The summed E-state index contributed by atoms with van der Waals surface area (Å²) in [6.07, 6.45) is 1.17. The Balaban J connectivity index is 1.05. The highest BCUT2D eigenvalue weighted by atomic mass is 32.1. The third kappa shape index (κ3) is 8.97. The number of Topliss-reactive ketones (excluding diaryl/α,β-unsaturated/α-hetero) is 1. The van der Waals surface area contributed by atoms with Crippen molar-refractivity contribution >= 4 is 38.9 Å². The van der Waals surface area contributed by atoms with Gasteiger partial charge in [0.2, 0.25) is 5.91 Å². The molecule has 260 valence electrons. The molecule has 11 heteroatoms. The average molecular weight is 698 g/mol. The fraction of sp³-hybridized carbons (Fsp3) is 0.308. The van der Waals surface area contributed by atoms with Crippen molar-refractivity contribution < 1.29 is 23.1 Å². The lowest BCUT2D eigenvalue weighted by atomic mass is 10.1. The number of hydrogen-bond acceptors (Lipinski definition) is 8. The Hall–Kier alpha value is -4.55. The topological polar surface area (TPSA) is 69.2 Å². The van der Waals surface area contributed by atoms with E-state index in [9.17, 15) is 14.0 Å². The van der Waals surface area contributed by atoms with E-state index in [-0.39, 0.29) is 24.4 Å². The van der Waals surface area contributed by atoms with Crippen LogP contribution in [0.15, 0.2) is 85.1 Å². The normalized spacial score (nSPS) is 14.0. The molecule has 0 aliphatic carbocycles. The number of aromatic nitrogens is 1. The summed E-state index contributed by atoms with van der Waals surface area (Å²) in [4.78, 5) is 39.4. The molecule has 50 heavy (non-hydrogen) atoms. The Labute approximate surface area is 295 Å². The number of likely N-dealkylation sites (N-methyl/N-ethyl adjacent to an activating group) is 2. The van der Waals surface area contributed by atoms with Crippen LogP contribution in [-0.2, 0) is 22.6 Å². The molecule has 1 fully saturated rings. The number of fused-ring (bicyclic) bond motifs is 1. The van der Waals surface area contributed by atoms with Gasteiger partial charge in [-0.25, -0.2) is 8.78 Å². The molecule has 0 N–H and O–H groups in total. The molecule has 1 aliphatic heterocycles. The van der Waals surface area contributed by atoms with E-state index < -0.39 is 17.5 Å². The summed E-state index contributed by atoms with van der Waals surface area (Å²) in [6, 6.07) is 22.1. The molecule has 0 unspecified atom stereocenters. The van der Waals surface area contributed by atoms with Gasteiger partial charge in [0.05, 0.1) is 16.6 Å². The van der Waals surface area contributed by atoms with Gasteiger partial charge in [0, 0.05) is 82.1 Å².